The number of aryl methyl sites for hydroxylation is 2. The average molecular weight is 273 g/mol. The maximum atomic E-state index is 9.35. The number of hydrogen-bond donors (Lipinski definition) is 1. The Morgan fingerprint density at radius 2 is 1.76 bits per heavy atom. The van der Waals surface area contributed by atoms with E-state index in [1.54, 1.807) is 0 Å². The van der Waals surface area contributed by atoms with Crippen LogP contribution in [0.1, 0.15) is 17.0 Å². The molecule has 1 N–H and O–H groups in total. The molecule has 0 saturated heterocycles. The van der Waals surface area contributed by atoms with Crippen molar-refractivity contribution in [2.24, 2.45) is 0 Å². The van der Waals surface area contributed by atoms with Crippen molar-refractivity contribution in [1.82, 2.24) is 4.98 Å². The molecule has 3 aromatic rings. The molecule has 2 aromatic carbocycles. The van der Waals surface area contributed by atoms with Gasteiger partial charge in [0.05, 0.1) is 16.9 Å². The van der Waals surface area contributed by atoms with Crippen LogP contribution in [0.15, 0.2) is 48.5 Å². The van der Waals surface area contributed by atoms with Crippen LogP contribution in [0, 0.1) is 25.2 Å². The van der Waals surface area contributed by atoms with Gasteiger partial charge in [-0.05, 0) is 31.4 Å². The normalized spacial score (nSPS) is 10.3. The standard InChI is InChI=1S/C18H15N3/c1-12-10-18(16(11-19)13(2)20-12)21-17-9-5-7-14-6-3-4-8-15(14)17/h3-10H,1-2H3,(H,20,21). The minimum Gasteiger partial charge on any atom is -0.354 e. The SMILES string of the molecule is Cc1cc(Nc2cccc3ccccc23)c(C#N)c(C)n1. The minimum absolute atomic E-state index is 0.591. The molecule has 0 bridgehead atoms. The summed E-state index contributed by atoms with van der Waals surface area (Å²) >= 11 is 0. The number of hydrogen-bond acceptors (Lipinski definition) is 3. The van der Waals surface area contributed by atoms with Gasteiger partial charge in [0.15, 0.2) is 0 Å². The van der Waals surface area contributed by atoms with Gasteiger partial charge < -0.3 is 5.32 Å². The summed E-state index contributed by atoms with van der Waals surface area (Å²) in [5, 5.41) is 15.0. The zero-order chi connectivity index (χ0) is 14.8. The molecular weight excluding hydrogens is 258 g/mol. The van der Waals surface area contributed by atoms with Crippen LogP contribution in [0.5, 0.6) is 0 Å². The van der Waals surface area contributed by atoms with Gasteiger partial charge in [0.2, 0.25) is 0 Å². The molecule has 0 spiro atoms. The lowest BCUT2D eigenvalue weighted by Crippen LogP contribution is -2.00. The molecule has 0 fully saturated rings. The number of rotatable bonds is 2. The van der Waals surface area contributed by atoms with Gasteiger partial charge in [0.1, 0.15) is 6.07 Å². The second kappa shape index (κ2) is 5.26. The summed E-state index contributed by atoms with van der Waals surface area (Å²) in [6, 6.07) is 18.4. The Kier molecular flexibility index (Phi) is 3.29. The summed E-state index contributed by atoms with van der Waals surface area (Å²) in [4.78, 5) is 4.35. The first-order valence-electron chi connectivity index (χ1n) is 6.82. The maximum Gasteiger partial charge on any atom is 0.103 e. The van der Waals surface area contributed by atoms with E-state index in [2.05, 4.69) is 34.6 Å². The first-order chi connectivity index (χ1) is 10.2. The Morgan fingerprint density at radius 3 is 2.57 bits per heavy atom. The van der Waals surface area contributed by atoms with Gasteiger partial charge in [-0.15, -0.1) is 0 Å². The highest BCUT2D eigenvalue weighted by atomic mass is 14.9. The van der Waals surface area contributed by atoms with Gasteiger partial charge in [0.25, 0.3) is 0 Å². The van der Waals surface area contributed by atoms with E-state index in [-0.39, 0.29) is 0 Å². The van der Waals surface area contributed by atoms with Crippen LogP contribution in [0.4, 0.5) is 11.4 Å². The average Bonchev–Trinajstić information content (AvgIpc) is 2.47. The van der Waals surface area contributed by atoms with Crippen LogP contribution in [-0.2, 0) is 0 Å². The van der Waals surface area contributed by atoms with Gasteiger partial charge in [-0.25, -0.2) is 0 Å². The molecule has 0 aliphatic carbocycles. The lowest BCUT2D eigenvalue weighted by Gasteiger charge is -2.13. The Bertz CT molecular complexity index is 855. The summed E-state index contributed by atoms with van der Waals surface area (Å²) in [5.41, 5.74) is 4.04. The molecule has 0 aliphatic rings. The lowest BCUT2D eigenvalue weighted by molar-refractivity contribution is 1.11. The first-order valence-corrected chi connectivity index (χ1v) is 6.82. The Balaban J connectivity index is 2.14. The molecule has 0 amide bonds. The van der Waals surface area contributed by atoms with E-state index in [1.807, 2.05) is 44.2 Å². The summed E-state index contributed by atoms with van der Waals surface area (Å²) in [6.45, 7) is 3.79. The summed E-state index contributed by atoms with van der Waals surface area (Å²) in [5.74, 6) is 0. The van der Waals surface area contributed by atoms with Crippen LogP contribution in [-0.4, -0.2) is 4.98 Å². The van der Waals surface area contributed by atoms with Crippen molar-refractivity contribution in [3.63, 3.8) is 0 Å². The van der Waals surface area contributed by atoms with Crippen molar-refractivity contribution in [3.8, 4) is 6.07 Å². The monoisotopic (exact) mass is 273 g/mol. The number of nitrogens with zero attached hydrogens (tertiary/aromatic N) is 2. The maximum absolute atomic E-state index is 9.35. The summed E-state index contributed by atoms with van der Waals surface area (Å²) in [6.07, 6.45) is 0. The Morgan fingerprint density at radius 1 is 1.00 bits per heavy atom. The smallest absolute Gasteiger partial charge is 0.103 e. The molecule has 0 unspecified atom stereocenters. The lowest BCUT2D eigenvalue weighted by atomic mass is 10.1. The second-order valence-corrected chi connectivity index (χ2v) is 5.04. The van der Waals surface area contributed by atoms with Gasteiger partial charge in [-0.3, -0.25) is 4.98 Å². The van der Waals surface area contributed by atoms with Crippen molar-refractivity contribution in [2.45, 2.75) is 13.8 Å². The fourth-order valence-corrected chi connectivity index (χ4v) is 2.55. The molecule has 3 rings (SSSR count). The largest absolute Gasteiger partial charge is 0.354 e. The zero-order valence-electron chi connectivity index (χ0n) is 12.0. The third-order valence-electron chi connectivity index (χ3n) is 3.50. The van der Waals surface area contributed by atoms with Crippen LogP contribution >= 0.6 is 0 Å². The van der Waals surface area contributed by atoms with Gasteiger partial charge in [-0.1, -0.05) is 36.4 Å². The van der Waals surface area contributed by atoms with Gasteiger partial charge in [0, 0.05) is 16.8 Å². The van der Waals surface area contributed by atoms with Crippen molar-refractivity contribution >= 4 is 22.1 Å². The van der Waals surface area contributed by atoms with Crippen molar-refractivity contribution in [2.75, 3.05) is 5.32 Å². The summed E-state index contributed by atoms with van der Waals surface area (Å²) < 4.78 is 0. The highest BCUT2D eigenvalue weighted by molar-refractivity contribution is 5.95. The topological polar surface area (TPSA) is 48.7 Å². The molecule has 0 radical (unpaired) electrons. The molecule has 0 aliphatic heterocycles. The highest BCUT2D eigenvalue weighted by Crippen LogP contribution is 2.28. The highest BCUT2D eigenvalue weighted by Gasteiger charge is 2.09. The number of benzene rings is 2. The van der Waals surface area contributed by atoms with Crippen molar-refractivity contribution in [3.05, 3.63) is 65.5 Å². The number of anilines is 2. The summed E-state index contributed by atoms with van der Waals surface area (Å²) in [7, 11) is 0. The molecule has 1 aromatic heterocycles. The quantitative estimate of drug-likeness (QED) is 0.749. The van der Waals surface area contributed by atoms with Crippen molar-refractivity contribution < 1.29 is 0 Å². The number of nitriles is 1. The molecule has 102 valence electrons. The number of nitrogens with one attached hydrogen (secondary N) is 1. The molecule has 3 heteroatoms. The molecule has 0 atom stereocenters. The third-order valence-corrected chi connectivity index (χ3v) is 3.50. The fourth-order valence-electron chi connectivity index (χ4n) is 2.55. The predicted molar refractivity (Wildman–Crippen MR) is 85.7 cm³/mol. The van der Waals surface area contributed by atoms with Crippen LogP contribution < -0.4 is 5.32 Å². The third kappa shape index (κ3) is 2.44. The van der Waals surface area contributed by atoms with Crippen LogP contribution in [0.3, 0.4) is 0 Å². The Labute approximate surface area is 123 Å². The molecular formula is C18H15N3. The van der Waals surface area contributed by atoms with E-state index in [0.29, 0.717) is 5.56 Å². The van der Waals surface area contributed by atoms with Gasteiger partial charge >= 0.3 is 0 Å². The van der Waals surface area contributed by atoms with E-state index in [1.165, 1.54) is 5.39 Å². The van der Waals surface area contributed by atoms with E-state index in [0.717, 1.165) is 28.1 Å². The minimum atomic E-state index is 0.591. The molecule has 1 heterocycles. The molecule has 21 heavy (non-hydrogen) atoms. The van der Waals surface area contributed by atoms with E-state index < -0.39 is 0 Å². The predicted octanol–water partition coefficient (Wildman–Crippen LogP) is 4.47. The molecule has 0 saturated carbocycles. The second-order valence-electron chi connectivity index (χ2n) is 5.04. The molecule has 3 nitrogen and oxygen atoms in total. The van der Waals surface area contributed by atoms with Crippen LogP contribution in [0.2, 0.25) is 0 Å². The number of fused-ring (bicyclic) bond motifs is 1. The first kappa shape index (κ1) is 13.1. The number of aromatic nitrogens is 1. The van der Waals surface area contributed by atoms with Crippen molar-refractivity contribution in [1.29, 1.82) is 5.26 Å². The fraction of sp³-hybridized carbons (Fsp3) is 0.111. The van der Waals surface area contributed by atoms with Crippen LogP contribution in [0.25, 0.3) is 10.8 Å². The van der Waals surface area contributed by atoms with E-state index in [9.17, 15) is 5.26 Å². The zero-order valence-corrected chi connectivity index (χ0v) is 12.0. The Hall–Kier alpha value is -2.86. The number of pyridine rings is 1. The van der Waals surface area contributed by atoms with Gasteiger partial charge in [-0.2, -0.15) is 5.26 Å². The van der Waals surface area contributed by atoms with E-state index in [4.69, 9.17) is 0 Å². The van der Waals surface area contributed by atoms with E-state index >= 15 is 0 Å².